The van der Waals surface area contributed by atoms with Crippen LogP contribution in [0.5, 0.6) is 5.75 Å². The molecule has 28 heavy (non-hydrogen) atoms. The summed E-state index contributed by atoms with van der Waals surface area (Å²) < 4.78 is 5.47. The van der Waals surface area contributed by atoms with E-state index >= 15 is 0 Å². The van der Waals surface area contributed by atoms with Gasteiger partial charge < -0.3 is 14.5 Å². The summed E-state index contributed by atoms with van der Waals surface area (Å²) in [6.07, 6.45) is 0. The van der Waals surface area contributed by atoms with E-state index in [0.29, 0.717) is 25.4 Å². The molecular formula is C22H24N4O2. The Labute approximate surface area is 164 Å². The second-order valence-electron chi connectivity index (χ2n) is 6.74. The zero-order valence-corrected chi connectivity index (χ0v) is 16.0. The van der Waals surface area contributed by atoms with Crippen molar-refractivity contribution in [1.29, 1.82) is 0 Å². The van der Waals surface area contributed by atoms with Gasteiger partial charge in [-0.3, -0.25) is 9.89 Å². The summed E-state index contributed by atoms with van der Waals surface area (Å²) >= 11 is 0. The van der Waals surface area contributed by atoms with Crippen molar-refractivity contribution in [2.45, 2.75) is 6.92 Å². The number of ether oxygens (including phenoxy) is 1. The molecular weight excluding hydrogens is 352 g/mol. The average molecular weight is 376 g/mol. The first-order valence-corrected chi connectivity index (χ1v) is 9.62. The number of aromatic nitrogens is 2. The first kappa shape index (κ1) is 18.1. The molecule has 0 bridgehead atoms. The van der Waals surface area contributed by atoms with Crippen LogP contribution in [0.1, 0.15) is 17.4 Å². The van der Waals surface area contributed by atoms with Crippen LogP contribution in [0.4, 0.5) is 5.69 Å². The van der Waals surface area contributed by atoms with Crippen LogP contribution >= 0.6 is 0 Å². The maximum Gasteiger partial charge on any atom is 0.272 e. The number of hydrogen-bond acceptors (Lipinski definition) is 4. The third kappa shape index (κ3) is 3.86. The Morgan fingerprint density at radius 1 is 1.04 bits per heavy atom. The number of aromatic amines is 1. The number of benzene rings is 2. The van der Waals surface area contributed by atoms with Gasteiger partial charge in [-0.25, -0.2) is 0 Å². The molecule has 0 spiro atoms. The Morgan fingerprint density at radius 3 is 2.43 bits per heavy atom. The Kier molecular flexibility index (Phi) is 5.28. The molecule has 1 saturated heterocycles. The molecule has 1 fully saturated rings. The predicted molar refractivity (Wildman–Crippen MR) is 110 cm³/mol. The maximum absolute atomic E-state index is 12.8. The molecule has 0 radical (unpaired) electrons. The molecule has 0 unspecified atom stereocenters. The molecule has 3 aromatic rings. The number of piperazine rings is 1. The van der Waals surface area contributed by atoms with E-state index in [1.54, 1.807) is 0 Å². The van der Waals surface area contributed by atoms with E-state index in [1.807, 2.05) is 60.4 Å². The maximum atomic E-state index is 12.8. The molecule has 0 aliphatic carbocycles. The first-order valence-electron chi connectivity index (χ1n) is 9.62. The smallest absolute Gasteiger partial charge is 0.272 e. The van der Waals surface area contributed by atoms with Gasteiger partial charge in [-0.1, -0.05) is 18.2 Å². The monoisotopic (exact) mass is 376 g/mol. The number of amides is 1. The van der Waals surface area contributed by atoms with Crippen LogP contribution in [-0.2, 0) is 0 Å². The number of nitrogens with one attached hydrogen (secondary N) is 1. The van der Waals surface area contributed by atoms with Crippen molar-refractivity contribution in [3.05, 3.63) is 66.4 Å². The zero-order valence-electron chi connectivity index (χ0n) is 16.0. The minimum absolute atomic E-state index is 0.00241. The number of hydrogen-bond donors (Lipinski definition) is 1. The lowest BCUT2D eigenvalue weighted by Crippen LogP contribution is -2.48. The number of anilines is 1. The third-order valence-corrected chi connectivity index (χ3v) is 4.96. The normalized spacial score (nSPS) is 14.2. The minimum atomic E-state index is -0.00241. The number of nitrogens with zero attached hydrogens (tertiary/aromatic N) is 3. The molecule has 0 atom stereocenters. The van der Waals surface area contributed by atoms with E-state index in [4.69, 9.17) is 4.74 Å². The van der Waals surface area contributed by atoms with Crippen LogP contribution in [0, 0.1) is 0 Å². The van der Waals surface area contributed by atoms with Crippen molar-refractivity contribution in [3.8, 4) is 17.0 Å². The molecule has 6 heteroatoms. The molecule has 1 aromatic heterocycles. The summed E-state index contributed by atoms with van der Waals surface area (Å²) in [5.41, 5.74) is 3.44. The van der Waals surface area contributed by atoms with E-state index in [1.165, 1.54) is 5.69 Å². The van der Waals surface area contributed by atoms with Gasteiger partial charge in [-0.05, 0) is 49.4 Å². The predicted octanol–water partition coefficient (Wildman–Crippen LogP) is 3.44. The van der Waals surface area contributed by atoms with Crippen molar-refractivity contribution in [1.82, 2.24) is 15.1 Å². The van der Waals surface area contributed by atoms with Crippen LogP contribution in [0.25, 0.3) is 11.3 Å². The molecule has 1 aliphatic heterocycles. The molecule has 1 aliphatic rings. The second kappa shape index (κ2) is 8.17. The van der Waals surface area contributed by atoms with Crippen molar-refractivity contribution in [2.75, 3.05) is 37.7 Å². The summed E-state index contributed by atoms with van der Waals surface area (Å²) in [5.74, 6) is 0.826. The van der Waals surface area contributed by atoms with Crippen LogP contribution in [0.3, 0.4) is 0 Å². The highest BCUT2D eigenvalue weighted by Gasteiger charge is 2.23. The zero-order chi connectivity index (χ0) is 19.3. The average Bonchev–Trinajstić information content (AvgIpc) is 3.25. The summed E-state index contributed by atoms with van der Waals surface area (Å²) in [5, 5.41) is 7.21. The number of H-pyrrole nitrogens is 1. The summed E-state index contributed by atoms with van der Waals surface area (Å²) in [6, 6.07) is 19.9. The summed E-state index contributed by atoms with van der Waals surface area (Å²) in [7, 11) is 0. The Hall–Kier alpha value is -3.28. The van der Waals surface area contributed by atoms with Gasteiger partial charge in [0.05, 0.1) is 12.3 Å². The van der Waals surface area contributed by atoms with E-state index < -0.39 is 0 Å². The van der Waals surface area contributed by atoms with Crippen molar-refractivity contribution >= 4 is 11.6 Å². The standard InChI is InChI=1S/C22H24N4O2/c1-2-28-19-10-8-17(9-11-19)20-16-21(24-23-20)22(27)26-14-12-25(13-15-26)18-6-4-3-5-7-18/h3-11,16H,2,12-15H2,1H3,(H,23,24). The highest BCUT2D eigenvalue weighted by atomic mass is 16.5. The Balaban J connectivity index is 1.39. The molecule has 144 valence electrons. The molecule has 6 nitrogen and oxygen atoms in total. The Morgan fingerprint density at radius 2 is 1.75 bits per heavy atom. The summed E-state index contributed by atoms with van der Waals surface area (Å²) in [6.45, 7) is 5.65. The SMILES string of the molecule is CCOc1ccc(-c2cc(C(=O)N3CCN(c4ccccc4)CC3)[nH]n2)cc1. The van der Waals surface area contributed by atoms with Gasteiger partial charge in [-0.15, -0.1) is 0 Å². The molecule has 1 N–H and O–H groups in total. The topological polar surface area (TPSA) is 61.5 Å². The number of para-hydroxylation sites is 1. The number of carbonyl (C=O) groups excluding carboxylic acids is 1. The van der Waals surface area contributed by atoms with Crippen LogP contribution < -0.4 is 9.64 Å². The van der Waals surface area contributed by atoms with Gasteiger partial charge in [0, 0.05) is 37.4 Å². The number of rotatable bonds is 5. The molecule has 0 saturated carbocycles. The lowest BCUT2D eigenvalue weighted by Gasteiger charge is -2.35. The van der Waals surface area contributed by atoms with Crippen LogP contribution in [0.2, 0.25) is 0 Å². The quantitative estimate of drug-likeness (QED) is 0.741. The van der Waals surface area contributed by atoms with Crippen LogP contribution in [0.15, 0.2) is 60.7 Å². The molecule has 1 amide bonds. The Bertz CT molecular complexity index is 913. The van der Waals surface area contributed by atoms with Gasteiger partial charge in [0.2, 0.25) is 0 Å². The van der Waals surface area contributed by atoms with E-state index in [-0.39, 0.29) is 5.91 Å². The largest absolute Gasteiger partial charge is 0.494 e. The lowest BCUT2D eigenvalue weighted by atomic mass is 10.1. The minimum Gasteiger partial charge on any atom is -0.494 e. The fourth-order valence-corrected chi connectivity index (χ4v) is 3.44. The van der Waals surface area contributed by atoms with Gasteiger partial charge in [0.1, 0.15) is 11.4 Å². The highest BCUT2D eigenvalue weighted by molar-refractivity contribution is 5.93. The lowest BCUT2D eigenvalue weighted by molar-refractivity contribution is 0.0741. The van der Waals surface area contributed by atoms with E-state index in [2.05, 4.69) is 27.2 Å². The van der Waals surface area contributed by atoms with Crippen LogP contribution in [-0.4, -0.2) is 53.8 Å². The van der Waals surface area contributed by atoms with Crippen molar-refractivity contribution in [3.63, 3.8) is 0 Å². The van der Waals surface area contributed by atoms with Gasteiger partial charge in [-0.2, -0.15) is 5.10 Å². The fourth-order valence-electron chi connectivity index (χ4n) is 3.44. The second-order valence-corrected chi connectivity index (χ2v) is 6.74. The first-order chi connectivity index (χ1) is 13.7. The molecule has 2 heterocycles. The van der Waals surface area contributed by atoms with Gasteiger partial charge >= 0.3 is 0 Å². The summed E-state index contributed by atoms with van der Waals surface area (Å²) in [4.78, 5) is 17.0. The fraction of sp³-hybridized carbons (Fsp3) is 0.273. The van der Waals surface area contributed by atoms with E-state index in [9.17, 15) is 4.79 Å². The third-order valence-electron chi connectivity index (χ3n) is 4.96. The van der Waals surface area contributed by atoms with Crippen molar-refractivity contribution < 1.29 is 9.53 Å². The number of carbonyl (C=O) groups is 1. The van der Waals surface area contributed by atoms with Crippen molar-refractivity contribution in [2.24, 2.45) is 0 Å². The van der Waals surface area contributed by atoms with Gasteiger partial charge in [0.25, 0.3) is 5.91 Å². The molecule has 2 aromatic carbocycles. The van der Waals surface area contributed by atoms with Gasteiger partial charge in [0.15, 0.2) is 0 Å². The van der Waals surface area contributed by atoms with E-state index in [0.717, 1.165) is 30.1 Å². The molecule has 4 rings (SSSR count). The highest BCUT2D eigenvalue weighted by Crippen LogP contribution is 2.22.